The van der Waals surface area contributed by atoms with E-state index in [4.69, 9.17) is 0 Å². The van der Waals surface area contributed by atoms with Gasteiger partial charge < -0.3 is 4.98 Å². The molecule has 1 heterocycles. The predicted molar refractivity (Wildman–Crippen MR) is 112 cm³/mol. The van der Waals surface area contributed by atoms with E-state index < -0.39 is 0 Å². The predicted octanol–water partition coefficient (Wildman–Crippen LogP) is 7.14. The van der Waals surface area contributed by atoms with Gasteiger partial charge in [-0.3, -0.25) is 0 Å². The second-order valence-corrected chi connectivity index (χ2v) is 8.11. The molecule has 1 saturated carbocycles. The molecule has 1 aliphatic carbocycles. The summed E-state index contributed by atoms with van der Waals surface area (Å²) < 4.78 is 0. The zero-order valence-corrected chi connectivity index (χ0v) is 14.9. The van der Waals surface area contributed by atoms with Crippen molar-refractivity contribution in [1.82, 2.24) is 4.98 Å². The topological polar surface area (TPSA) is 15.8 Å². The fraction of sp³-hybridized carbons (Fsp3) is 0.200. The Kier molecular flexibility index (Phi) is 2.82. The highest BCUT2D eigenvalue weighted by Crippen LogP contribution is 2.42. The number of nitrogens with one attached hydrogen (secondary N) is 1. The van der Waals surface area contributed by atoms with E-state index in [1.54, 1.807) is 0 Å². The molecular weight excluding hydrogens is 314 g/mol. The van der Waals surface area contributed by atoms with Gasteiger partial charge in [0.2, 0.25) is 0 Å². The Bertz CT molecular complexity index is 1300. The average molecular weight is 335 g/mol. The molecular formula is C25H21N. The van der Waals surface area contributed by atoms with E-state index in [-0.39, 0.29) is 0 Å². The minimum absolute atomic E-state index is 0.719. The first kappa shape index (κ1) is 14.4. The molecule has 0 radical (unpaired) electrons. The summed E-state index contributed by atoms with van der Waals surface area (Å²) in [6.45, 7) is 2.35. The van der Waals surface area contributed by atoms with Gasteiger partial charge in [0.15, 0.2) is 0 Å². The van der Waals surface area contributed by atoms with Gasteiger partial charge >= 0.3 is 0 Å². The van der Waals surface area contributed by atoms with Crippen LogP contribution in [0.15, 0.2) is 66.7 Å². The number of hydrogen-bond donors (Lipinski definition) is 1. The molecule has 0 amide bonds. The maximum absolute atomic E-state index is 3.69. The molecule has 1 aliphatic rings. The number of benzene rings is 4. The maximum Gasteiger partial charge on any atom is 0.0462 e. The SMILES string of the molecule is CC1CC(c2cc3c(ccc4c5cc6ccccc6cc5ccc34)[nH]2)C1. The smallest absolute Gasteiger partial charge is 0.0462 e. The van der Waals surface area contributed by atoms with Crippen molar-refractivity contribution in [1.29, 1.82) is 0 Å². The fourth-order valence-corrected chi connectivity index (χ4v) is 4.84. The van der Waals surface area contributed by atoms with Crippen molar-refractivity contribution in [2.75, 3.05) is 0 Å². The van der Waals surface area contributed by atoms with Crippen molar-refractivity contribution in [2.45, 2.75) is 25.7 Å². The molecule has 5 aromatic rings. The summed E-state index contributed by atoms with van der Waals surface area (Å²) in [4.78, 5) is 3.69. The molecule has 1 heteroatoms. The van der Waals surface area contributed by atoms with E-state index in [9.17, 15) is 0 Å². The fourth-order valence-electron chi connectivity index (χ4n) is 4.84. The van der Waals surface area contributed by atoms with Crippen LogP contribution in [0.5, 0.6) is 0 Å². The van der Waals surface area contributed by atoms with Crippen LogP contribution in [0, 0.1) is 5.92 Å². The summed E-state index contributed by atoms with van der Waals surface area (Å²) in [6, 6.07) is 24.8. The first-order chi connectivity index (χ1) is 12.8. The van der Waals surface area contributed by atoms with Crippen molar-refractivity contribution < 1.29 is 0 Å². The lowest BCUT2D eigenvalue weighted by Crippen LogP contribution is -2.18. The van der Waals surface area contributed by atoms with Crippen LogP contribution in [0.3, 0.4) is 0 Å². The van der Waals surface area contributed by atoms with Gasteiger partial charge in [-0.1, -0.05) is 49.4 Å². The van der Waals surface area contributed by atoms with Crippen LogP contribution >= 0.6 is 0 Å². The lowest BCUT2D eigenvalue weighted by atomic mass is 9.74. The van der Waals surface area contributed by atoms with E-state index in [2.05, 4.69) is 78.6 Å². The number of fused-ring (bicyclic) bond motifs is 6. The summed E-state index contributed by atoms with van der Waals surface area (Å²) in [5, 5.41) is 9.37. The summed E-state index contributed by atoms with van der Waals surface area (Å²) in [6.07, 6.45) is 2.64. The Morgan fingerprint density at radius 2 is 1.42 bits per heavy atom. The van der Waals surface area contributed by atoms with E-state index >= 15 is 0 Å². The molecule has 1 nitrogen and oxygen atoms in total. The third-order valence-corrected chi connectivity index (χ3v) is 6.32. The number of H-pyrrole nitrogens is 1. The summed E-state index contributed by atoms with van der Waals surface area (Å²) >= 11 is 0. The molecule has 0 aliphatic heterocycles. The zero-order valence-electron chi connectivity index (χ0n) is 14.9. The average Bonchev–Trinajstić information content (AvgIpc) is 3.07. The summed E-state index contributed by atoms with van der Waals surface area (Å²) in [5.41, 5.74) is 2.69. The zero-order chi connectivity index (χ0) is 17.3. The highest BCUT2D eigenvalue weighted by Gasteiger charge is 2.28. The monoisotopic (exact) mass is 335 g/mol. The van der Waals surface area contributed by atoms with Crippen molar-refractivity contribution in [3.05, 3.63) is 72.4 Å². The Morgan fingerprint density at radius 1 is 0.692 bits per heavy atom. The van der Waals surface area contributed by atoms with Gasteiger partial charge in [-0.2, -0.15) is 0 Å². The molecule has 4 aromatic carbocycles. The van der Waals surface area contributed by atoms with E-state index in [1.807, 2.05) is 0 Å². The molecule has 0 spiro atoms. The standard InChI is InChI=1S/C25H21N/c1-15-10-19(11-15)25-14-23-21-7-6-18-12-16-4-2-3-5-17(16)13-22(18)20(21)8-9-24(23)26-25/h2-9,12-15,19,26H,10-11H2,1H3. The lowest BCUT2D eigenvalue weighted by Gasteiger charge is -2.31. The lowest BCUT2D eigenvalue weighted by molar-refractivity contribution is 0.284. The first-order valence-corrected chi connectivity index (χ1v) is 9.63. The second-order valence-electron chi connectivity index (χ2n) is 8.11. The normalized spacial score (nSPS) is 20.2. The Balaban J connectivity index is 1.64. The molecule has 126 valence electrons. The highest BCUT2D eigenvalue weighted by atomic mass is 14.7. The summed E-state index contributed by atoms with van der Waals surface area (Å²) in [7, 11) is 0. The van der Waals surface area contributed by atoms with Crippen LogP contribution in [0.4, 0.5) is 0 Å². The van der Waals surface area contributed by atoms with Crippen molar-refractivity contribution >= 4 is 43.2 Å². The minimum atomic E-state index is 0.719. The van der Waals surface area contributed by atoms with Crippen molar-refractivity contribution in [2.24, 2.45) is 5.92 Å². The molecule has 0 unspecified atom stereocenters. The third-order valence-electron chi connectivity index (χ3n) is 6.32. The minimum Gasteiger partial charge on any atom is -0.358 e. The van der Waals surface area contributed by atoms with Crippen LogP contribution in [-0.4, -0.2) is 4.98 Å². The molecule has 0 saturated heterocycles. The van der Waals surface area contributed by atoms with Gasteiger partial charge in [0, 0.05) is 16.6 Å². The molecule has 1 fully saturated rings. The molecule has 6 rings (SSSR count). The van der Waals surface area contributed by atoms with Crippen molar-refractivity contribution in [3.63, 3.8) is 0 Å². The van der Waals surface area contributed by atoms with E-state index in [1.165, 1.54) is 61.8 Å². The number of aromatic amines is 1. The van der Waals surface area contributed by atoms with Gasteiger partial charge in [-0.25, -0.2) is 0 Å². The van der Waals surface area contributed by atoms with Crippen LogP contribution < -0.4 is 0 Å². The number of hydrogen-bond acceptors (Lipinski definition) is 0. The first-order valence-electron chi connectivity index (χ1n) is 9.63. The van der Waals surface area contributed by atoms with Gasteiger partial charge in [-0.15, -0.1) is 0 Å². The molecule has 1 aromatic heterocycles. The number of rotatable bonds is 1. The number of aromatic nitrogens is 1. The van der Waals surface area contributed by atoms with Gasteiger partial charge in [0.05, 0.1) is 0 Å². The van der Waals surface area contributed by atoms with Crippen LogP contribution in [0.25, 0.3) is 43.2 Å². The largest absolute Gasteiger partial charge is 0.358 e. The molecule has 0 atom stereocenters. The quantitative estimate of drug-likeness (QED) is 0.247. The Morgan fingerprint density at radius 3 is 2.23 bits per heavy atom. The molecule has 0 bridgehead atoms. The van der Waals surface area contributed by atoms with E-state index in [0.29, 0.717) is 0 Å². The maximum atomic E-state index is 3.69. The third kappa shape index (κ3) is 1.97. The Labute approximate surface area is 152 Å². The van der Waals surface area contributed by atoms with E-state index in [0.717, 1.165) is 11.8 Å². The second kappa shape index (κ2) is 5.11. The van der Waals surface area contributed by atoms with Crippen LogP contribution in [0.1, 0.15) is 31.4 Å². The summed E-state index contributed by atoms with van der Waals surface area (Å²) in [5.74, 6) is 1.59. The van der Waals surface area contributed by atoms with Crippen molar-refractivity contribution in [3.8, 4) is 0 Å². The van der Waals surface area contributed by atoms with Gasteiger partial charge in [0.1, 0.15) is 0 Å². The molecule has 26 heavy (non-hydrogen) atoms. The van der Waals surface area contributed by atoms with Crippen LogP contribution in [0.2, 0.25) is 0 Å². The highest BCUT2D eigenvalue weighted by molar-refractivity contribution is 6.19. The van der Waals surface area contributed by atoms with Gasteiger partial charge in [-0.05, 0) is 81.3 Å². The Hall–Kier alpha value is -2.80. The van der Waals surface area contributed by atoms with Crippen LogP contribution in [-0.2, 0) is 0 Å². The molecule has 1 N–H and O–H groups in total. The van der Waals surface area contributed by atoms with Gasteiger partial charge in [0.25, 0.3) is 0 Å².